The summed E-state index contributed by atoms with van der Waals surface area (Å²) in [6.45, 7) is 4.17. The molecule has 82 valence electrons. The zero-order valence-corrected chi connectivity index (χ0v) is 9.49. The fraction of sp³-hybridized carbons (Fsp3) is 0.538. The second-order valence-electron chi connectivity index (χ2n) is 4.59. The minimum Gasteiger partial charge on any atom is -0.490 e. The van der Waals surface area contributed by atoms with E-state index in [1.807, 2.05) is 0 Å². The summed E-state index contributed by atoms with van der Waals surface area (Å²) in [5, 5.41) is 0. The number of benzene rings is 1. The van der Waals surface area contributed by atoms with E-state index in [0.29, 0.717) is 6.10 Å². The van der Waals surface area contributed by atoms with Gasteiger partial charge in [-0.05, 0) is 43.9 Å². The van der Waals surface area contributed by atoms with Crippen LogP contribution in [0.15, 0.2) is 18.2 Å². The highest BCUT2D eigenvalue weighted by Crippen LogP contribution is 2.29. The lowest BCUT2D eigenvalue weighted by atomic mass is 10.0. The predicted molar refractivity (Wildman–Crippen MR) is 62.2 cm³/mol. The van der Waals surface area contributed by atoms with E-state index in [2.05, 4.69) is 32.0 Å². The van der Waals surface area contributed by atoms with Gasteiger partial charge in [-0.1, -0.05) is 12.1 Å². The SMILES string of the molecule is CC1Cc2cc(CC[C@H](C)N)ccc2O1. The third kappa shape index (κ3) is 2.51. The Morgan fingerprint density at radius 3 is 3.07 bits per heavy atom. The standard InChI is InChI=1S/C13H19NO/c1-9(14)3-4-11-5-6-13-12(8-11)7-10(2)15-13/h5-6,8-10H,3-4,7,14H2,1-2H3/t9-,10?/m0/s1. The van der Waals surface area contributed by atoms with Crippen LogP contribution in [0, 0.1) is 0 Å². The molecule has 0 spiro atoms. The molecule has 1 aromatic rings. The van der Waals surface area contributed by atoms with Gasteiger partial charge in [0.25, 0.3) is 0 Å². The van der Waals surface area contributed by atoms with E-state index < -0.39 is 0 Å². The van der Waals surface area contributed by atoms with E-state index >= 15 is 0 Å². The third-order valence-corrected chi connectivity index (χ3v) is 2.85. The van der Waals surface area contributed by atoms with Crippen LogP contribution in [0.2, 0.25) is 0 Å². The molecule has 0 amide bonds. The van der Waals surface area contributed by atoms with Gasteiger partial charge in [0.05, 0.1) is 0 Å². The second-order valence-corrected chi connectivity index (χ2v) is 4.59. The lowest BCUT2D eigenvalue weighted by Crippen LogP contribution is -2.15. The Labute approximate surface area is 91.4 Å². The van der Waals surface area contributed by atoms with E-state index in [0.717, 1.165) is 25.0 Å². The molecule has 2 heteroatoms. The fourth-order valence-electron chi connectivity index (χ4n) is 2.03. The van der Waals surface area contributed by atoms with Gasteiger partial charge in [0, 0.05) is 12.5 Å². The summed E-state index contributed by atoms with van der Waals surface area (Å²) in [5.74, 6) is 1.06. The Hall–Kier alpha value is -1.02. The molecule has 1 aliphatic rings. The lowest BCUT2D eigenvalue weighted by Gasteiger charge is -2.06. The number of nitrogens with two attached hydrogens (primary N) is 1. The molecule has 0 aliphatic carbocycles. The van der Waals surface area contributed by atoms with Crippen molar-refractivity contribution in [3.8, 4) is 5.75 Å². The summed E-state index contributed by atoms with van der Waals surface area (Å²) in [4.78, 5) is 0. The molecular weight excluding hydrogens is 186 g/mol. The van der Waals surface area contributed by atoms with Gasteiger partial charge in [-0.3, -0.25) is 0 Å². The van der Waals surface area contributed by atoms with Crippen LogP contribution in [0.1, 0.15) is 31.4 Å². The average molecular weight is 205 g/mol. The molecule has 2 nitrogen and oxygen atoms in total. The van der Waals surface area contributed by atoms with Gasteiger partial charge in [-0.25, -0.2) is 0 Å². The largest absolute Gasteiger partial charge is 0.490 e. The highest BCUT2D eigenvalue weighted by Gasteiger charge is 2.18. The van der Waals surface area contributed by atoms with Gasteiger partial charge in [-0.2, -0.15) is 0 Å². The molecule has 0 bridgehead atoms. The summed E-state index contributed by atoms with van der Waals surface area (Å²) in [5.41, 5.74) is 8.48. The minimum atomic E-state index is 0.286. The Morgan fingerprint density at radius 2 is 2.33 bits per heavy atom. The van der Waals surface area contributed by atoms with E-state index in [9.17, 15) is 0 Å². The molecule has 1 unspecified atom stereocenters. The van der Waals surface area contributed by atoms with Crippen LogP contribution >= 0.6 is 0 Å². The molecule has 1 heterocycles. The molecule has 15 heavy (non-hydrogen) atoms. The summed E-state index contributed by atoms with van der Waals surface area (Å²) >= 11 is 0. The van der Waals surface area contributed by atoms with Gasteiger partial charge >= 0.3 is 0 Å². The Bertz CT molecular complexity index is 346. The fourth-order valence-corrected chi connectivity index (χ4v) is 2.03. The Balaban J connectivity index is 2.06. The van der Waals surface area contributed by atoms with Crippen LogP contribution < -0.4 is 10.5 Å². The van der Waals surface area contributed by atoms with Gasteiger partial charge in [0.1, 0.15) is 11.9 Å². The number of aryl methyl sites for hydroxylation is 1. The quantitative estimate of drug-likeness (QED) is 0.821. The first-order valence-corrected chi connectivity index (χ1v) is 5.69. The van der Waals surface area contributed by atoms with Crippen molar-refractivity contribution in [2.24, 2.45) is 5.73 Å². The van der Waals surface area contributed by atoms with Crippen molar-refractivity contribution >= 4 is 0 Å². The van der Waals surface area contributed by atoms with Crippen molar-refractivity contribution in [3.63, 3.8) is 0 Å². The Kier molecular flexibility index (Phi) is 2.96. The van der Waals surface area contributed by atoms with Crippen LogP contribution in [-0.4, -0.2) is 12.1 Å². The van der Waals surface area contributed by atoms with E-state index in [1.165, 1.54) is 11.1 Å². The normalized spacial score (nSPS) is 20.9. The van der Waals surface area contributed by atoms with Crippen molar-refractivity contribution in [3.05, 3.63) is 29.3 Å². The molecule has 1 aliphatic heterocycles. The molecule has 2 atom stereocenters. The van der Waals surface area contributed by atoms with Crippen molar-refractivity contribution in [1.29, 1.82) is 0 Å². The van der Waals surface area contributed by atoms with Gasteiger partial charge in [-0.15, -0.1) is 0 Å². The first-order valence-electron chi connectivity index (χ1n) is 5.69. The molecule has 0 fully saturated rings. The van der Waals surface area contributed by atoms with Crippen LogP contribution in [-0.2, 0) is 12.8 Å². The molecule has 1 aromatic carbocycles. The summed E-state index contributed by atoms with van der Waals surface area (Å²) in [7, 11) is 0. The summed E-state index contributed by atoms with van der Waals surface area (Å²) in [6, 6.07) is 6.80. The zero-order chi connectivity index (χ0) is 10.8. The smallest absolute Gasteiger partial charge is 0.123 e. The van der Waals surface area contributed by atoms with E-state index in [-0.39, 0.29) is 6.04 Å². The van der Waals surface area contributed by atoms with Gasteiger partial charge < -0.3 is 10.5 Å². The predicted octanol–water partition coefficient (Wildman–Crippen LogP) is 2.29. The summed E-state index contributed by atoms with van der Waals surface area (Å²) in [6.07, 6.45) is 3.50. The molecule has 0 aromatic heterocycles. The zero-order valence-electron chi connectivity index (χ0n) is 9.49. The molecule has 2 rings (SSSR count). The molecule has 0 radical (unpaired) electrons. The number of hydrogen-bond donors (Lipinski definition) is 1. The maximum atomic E-state index is 5.75. The molecule has 2 N–H and O–H groups in total. The maximum absolute atomic E-state index is 5.75. The highest BCUT2D eigenvalue weighted by atomic mass is 16.5. The van der Waals surface area contributed by atoms with Crippen molar-refractivity contribution in [2.45, 2.75) is 45.3 Å². The minimum absolute atomic E-state index is 0.286. The van der Waals surface area contributed by atoms with Gasteiger partial charge in [0.15, 0.2) is 0 Å². The number of fused-ring (bicyclic) bond motifs is 1. The molecular formula is C13H19NO. The maximum Gasteiger partial charge on any atom is 0.123 e. The highest BCUT2D eigenvalue weighted by molar-refractivity contribution is 5.40. The first-order chi connectivity index (χ1) is 7.15. The lowest BCUT2D eigenvalue weighted by molar-refractivity contribution is 0.254. The van der Waals surface area contributed by atoms with Gasteiger partial charge in [0.2, 0.25) is 0 Å². The average Bonchev–Trinajstić information content (AvgIpc) is 2.53. The molecule has 0 saturated carbocycles. The van der Waals surface area contributed by atoms with Crippen molar-refractivity contribution < 1.29 is 4.74 Å². The van der Waals surface area contributed by atoms with Crippen LogP contribution in [0.3, 0.4) is 0 Å². The topological polar surface area (TPSA) is 35.2 Å². The third-order valence-electron chi connectivity index (χ3n) is 2.85. The number of rotatable bonds is 3. The van der Waals surface area contributed by atoms with Crippen LogP contribution in [0.5, 0.6) is 5.75 Å². The van der Waals surface area contributed by atoms with Crippen LogP contribution in [0.4, 0.5) is 0 Å². The second kappa shape index (κ2) is 4.23. The number of ether oxygens (including phenoxy) is 1. The van der Waals surface area contributed by atoms with Crippen molar-refractivity contribution in [1.82, 2.24) is 0 Å². The summed E-state index contributed by atoms with van der Waals surface area (Å²) < 4.78 is 5.66. The first kappa shape index (κ1) is 10.5. The van der Waals surface area contributed by atoms with E-state index in [4.69, 9.17) is 10.5 Å². The molecule has 0 saturated heterocycles. The monoisotopic (exact) mass is 205 g/mol. The van der Waals surface area contributed by atoms with Crippen LogP contribution in [0.25, 0.3) is 0 Å². The van der Waals surface area contributed by atoms with Crippen molar-refractivity contribution in [2.75, 3.05) is 0 Å². The Morgan fingerprint density at radius 1 is 1.53 bits per heavy atom. The number of hydrogen-bond acceptors (Lipinski definition) is 2. The van der Waals surface area contributed by atoms with E-state index in [1.54, 1.807) is 0 Å².